The molecule has 0 bridgehead atoms. The van der Waals surface area contributed by atoms with Crippen molar-refractivity contribution in [2.75, 3.05) is 11.8 Å². The molecule has 0 fully saturated rings. The van der Waals surface area contributed by atoms with Crippen LogP contribution in [0.5, 0.6) is 5.75 Å². The van der Waals surface area contributed by atoms with E-state index < -0.39 is 15.9 Å². The van der Waals surface area contributed by atoms with Crippen molar-refractivity contribution in [1.29, 1.82) is 5.26 Å². The van der Waals surface area contributed by atoms with Crippen LogP contribution in [0.2, 0.25) is 0 Å². The SMILES string of the molecule is COc1ccc(C#N)c(NS(=O)(=O)c2cc(C(N)=O)n(C)c2)c1. The molecule has 1 aromatic heterocycles. The standard InChI is InChI=1S/C14H14N4O4S/c1-18-8-11(6-13(18)14(16)19)23(20,21)17-12-5-10(22-2)4-3-9(12)7-15/h3-6,8,17H,1-2H3,(H2,16,19). The van der Waals surface area contributed by atoms with E-state index >= 15 is 0 Å². The number of nitrogens with two attached hydrogens (primary N) is 1. The van der Waals surface area contributed by atoms with E-state index in [4.69, 9.17) is 15.7 Å². The second-order valence-electron chi connectivity index (χ2n) is 4.67. The fourth-order valence-corrected chi connectivity index (χ4v) is 3.10. The summed E-state index contributed by atoms with van der Waals surface area (Å²) in [6, 6.07) is 7.44. The third-order valence-corrected chi connectivity index (χ3v) is 4.47. The number of primary amides is 1. The number of benzene rings is 1. The minimum absolute atomic E-state index is 0.0523. The van der Waals surface area contributed by atoms with E-state index in [-0.39, 0.29) is 21.8 Å². The second-order valence-corrected chi connectivity index (χ2v) is 6.35. The van der Waals surface area contributed by atoms with E-state index in [1.807, 2.05) is 6.07 Å². The summed E-state index contributed by atoms with van der Waals surface area (Å²) in [7, 11) is -1.06. The van der Waals surface area contributed by atoms with Crippen molar-refractivity contribution in [1.82, 2.24) is 4.57 Å². The molecule has 0 saturated carbocycles. The number of nitriles is 1. The van der Waals surface area contributed by atoms with Crippen molar-refractivity contribution in [3.63, 3.8) is 0 Å². The van der Waals surface area contributed by atoms with E-state index in [2.05, 4.69) is 4.72 Å². The van der Waals surface area contributed by atoms with Gasteiger partial charge >= 0.3 is 0 Å². The van der Waals surface area contributed by atoms with E-state index in [0.29, 0.717) is 5.75 Å². The molecule has 0 saturated heterocycles. The largest absolute Gasteiger partial charge is 0.497 e. The van der Waals surface area contributed by atoms with Crippen molar-refractivity contribution < 1.29 is 17.9 Å². The number of anilines is 1. The van der Waals surface area contributed by atoms with Crippen LogP contribution in [-0.2, 0) is 17.1 Å². The Labute approximate surface area is 133 Å². The quantitative estimate of drug-likeness (QED) is 0.836. The van der Waals surface area contributed by atoms with Crippen LogP contribution in [0.25, 0.3) is 0 Å². The molecular formula is C14H14N4O4S. The summed E-state index contributed by atoms with van der Waals surface area (Å²) in [5.41, 5.74) is 5.44. The first-order valence-corrected chi connectivity index (χ1v) is 7.84. The molecule has 0 aliphatic heterocycles. The monoisotopic (exact) mass is 334 g/mol. The Bertz CT molecular complexity index is 909. The molecule has 9 heteroatoms. The Balaban J connectivity index is 2.45. The molecule has 0 aliphatic rings. The van der Waals surface area contributed by atoms with Crippen LogP contribution in [0.4, 0.5) is 5.69 Å². The fraction of sp³-hybridized carbons (Fsp3) is 0.143. The van der Waals surface area contributed by atoms with Gasteiger partial charge in [0.2, 0.25) is 0 Å². The summed E-state index contributed by atoms with van der Waals surface area (Å²) >= 11 is 0. The maximum absolute atomic E-state index is 12.4. The Morgan fingerprint density at radius 1 is 1.39 bits per heavy atom. The predicted octanol–water partition coefficient (Wildman–Crippen LogP) is 0.805. The summed E-state index contributed by atoms with van der Waals surface area (Å²) in [5, 5.41) is 9.08. The number of nitrogens with zero attached hydrogens (tertiary/aromatic N) is 2. The van der Waals surface area contributed by atoms with E-state index in [0.717, 1.165) is 6.07 Å². The van der Waals surface area contributed by atoms with Crippen molar-refractivity contribution in [3.8, 4) is 11.8 Å². The number of nitrogens with one attached hydrogen (secondary N) is 1. The number of hydrogen-bond acceptors (Lipinski definition) is 5. The Morgan fingerprint density at radius 2 is 2.09 bits per heavy atom. The van der Waals surface area contributed by atoms with Crippen LogP contribution in [0.1, 0.15) is 16.1 Å². The normalized spacial score (nSPS) is 10.8. The highest BCUT2D eigenvalue weighted by molar-refractivity contribution is 7.92. The summed E-state index contributed by atoms with van der Waals surface area (Å²) in [4.78, 5) is 11.1. The molecule has 0 unspecified atom stereocenters. The first-order valence-electron chi connectivity index (χ1n) is 6.35. The van der Waals surface area contributed by atoms with Crippen molar-refractivity contribution >= 4 is 21.6 Å². The molecule has 1 heterocycles. The number of carbonyl (C=O) groups excluding carboxylic acids is 1. The van der Waals surface area contributed by atoms with Crippen molar-refractivity contribution in [2.45, 2.75) is 4.90 Å². The van der Waals surface area contributed by atoms with Gasteiger partial charge in [-0.1, -0.05) is 0 Å². The fourth-order valence-electron chi connectivity index (χ4n) is 1.96. The molecular weight excluding hydrogens is 320 g/mol. The van der Waals surface area contributed by atoms with Gasteiger partial charge in [-0.3, -0.25) is 9.52 Å². The van der Waals surface area contributed by atoms with Gasteiger partial charge in [-0.25, -0.2) is 8.42 Å². The molecule has 1 aromatic carbocycles. The Kier molecular flexibility index (Phi) is 4.29. The van der Waals surface area contributed by atoms with Gasteiger partial charge in [0.05, 0.1) is 18.4 Å². The molecule has 3 N–H and O–H groups in total. The zero-order valence-corrected chi connectivity index (χ0v) is 13.2. The lowest BCUT2D eigenvalue weighted by Gasteiger charge is -2.09. The zero-order valence-electron chi connectivity index (χ0n) is 12.4. The van der Waals surface area contributed by atoms with Crippen LogP contribution >= 0.6 is 0 Å². The maximum Gasteiger partial charge on any atom is 0.265 e. The molecule has 2 aromatic rings. The smallest absolute Gasteiger partial charge is 0.265 e. The highest BCUT2D eigenvalue weighted by Gasteiger charge is 2.21. The van der Waals surface area contributed by atoms with Crippen LogP contribution in [-0.4, -0.2) is 26.0 Å². The summed E-state index contributed by atoms with van der Waals surface area (Å²) < 4.78 is 33.5. The lowest BCUT2D eigenvalue weighted by atomic mass is 10.2. The molecule has 23 heavy (non-hydrogen) atoms. The number of methoxy groups -OCH3 is 1. The topological polar surface area (TPSA) is 127 Å². The number of hydrogen-bond donors (Lipinski definition) is 2. The van der Waals surface area contributed by atoms with Crippen molar-refractivity contribution in [2.24, 2.45) is 12.8 Å². The molecule has 2 rings (SSSR count). The minimum Gasteiger partial charge on any atom is -0.497 e. The number of carbonyl (C=O) groups is 1. The van der Waals surface area contributed by atoms with E-state index in [1.165, 1.54) is 37.1 Å². The lowest BCUT2D eigenvalue weighted by Crippen LogP contribution is -2.14. The summed E-state index contributed by atoms with van der Waals surface area (Å²) in [5.74, 6) is -0.347. The maximum atomic E-state index is 12.4. The number of sulfonamides is 1. The molecule has 1 amide bonds. The highest BCUT2D eigenvalue weighted by atomic mass is 32.2. The number of amides is 1. The van der Waals surface area contributed by atoms with Gasteiger partial charge in [-0.05, 0) is 18.2 Å². The van der Waals surface area contributed by atoms with Crippen LogP contribution in [0, 0.1) is 11.3 Å². The van der Waals surface area contributed by atoms with Gasteiger partial charge in [-0.15, -0.1) is 0 Å². The second kappa shape index (κ2) is 6.02. The van der Waals surface area contributed by atoms with Crippen molar-refractivity contribution in [3.05, 3.63) is 41.7 Å². The minimum atomic E-state index is -3.99. The Morgan fingerprint density at radius 3 is 2.61 bits per heavy atom. The number of aryl methyl sites for hydroxylation is 1. The molecule has 0 spiro atoms. The average Bonchev–Trinajstić information content (AvgIpc) is 2.90. The van der Waals surface area contributed by atoms with Gasteiger partial charge < -0.3 is 15.0 Å². The zero-order chi connectivity index (χ0) is 17.2. The number of aromatic nitrogens is 1. The van der Waals surface area contributed by atoms with E-state index in [1.54, 1.807) is 6.07 Å². The third-order valence-electron chi connectivity index (χ3n) is 3.13. The van der Waals surface area contributed by atoms with Gasteiger partial charge in [-0.2, -0.15) is 5.26 Å². The van der Waals surface area contributed by atoms with Crippen LogP contribution in [0.3, 0.4) is 0 Å². The summed E-state index contributed by atoms with van der Waals surface area (Å²) in [6.45, 7) is 0. The van der Waals surface area contributed by atoms with E-state index in [9.17, 15) is 13.2 Å². The first kappa shape index (κ1) is 16.4. The molecule has 0 radical (unpaired) electrons. The average molecular weight is 334 g/mol. The molecule has 120 valence electrons. The molecule has 0 aliphatic carbocycles. The van der Waals surface area contributed by atoms with Crippen LogP contribution in [0.15, 0.2) is 35.4 Å². The molecule has 8 nitrogen and oxygen atoms in total. The molecule has 0 atom stereocenters. The Hall–Kier alpha value is -2.99. The van der Waals surface area contributed by atoms with Gasteiger partial charge in [0, 0.05) is 19.3 Å². The summed E-state index contributed by atoms with van der Waals surface area (Å²) in [6.07, 6.45) is 1.26. The van der Waals surface area contributed by atoms with Crippen LogP contribution < -0.4 is 15.2 Å². The first-order chi connectivity index (χ1) is 10.8. The van der Waals surface area contributed by atoms with Gasteiger partial charge in [0.15, 0.2) is 0 Å². The van der Waals surface area contributed by atoms with Gasteiger partial charge in [0.1, 0.15) is 22.4 Å². The lowest BCUT2D eigenvalue weighted by molar-refractivity contribution is 0.0992. The number of ether oxygens (including phenoxy) is 1. The highest BCUT2D eigenvalue weighted by Crippen LogP contribution is 2.25. The van der Waals surface area contributed by atoms with Gasteiger partial charge in [0.25, 0.3) is 15.9 Å². The predicted molar refractivity (Wildman–Crippen MR) is 82.4 cm³/mol. The number of rotatable bonds is 5. The third kappa shape index (κ3) is 3.27.